The number of amides is 1. The fourth-order valence-electron chi connectivity index (χ4n) is 1.76. The van der Waals surface area contributed by atoms with Gasteiger partial charge in [0.2, 0.25) is 5.91 Å². The number of hydrogen-bond acceptors (Lipinski definition) is 3. The number of nitrogens with one attached hydrogen (secondary N) is 1. The van der Waals surface area contributed by atoms with Crippen LogP contribution in [-0.4, -0.2) is 24.0 Å². The zero-order chi connectivity index (χ0) is 21.1. The summed E-state index contributed by atoms with van der Waals surface area (Å²) in [4.78, 5) is 24.7. The number of ether oxygens (including phenoxy) is 1. The Balaban J connectivity index is 5.35. The van der Waals surface area contributed by atoms with Gasteiger partial charge in [-0.1, -0.05) is 27.7 Å². The molecule has 0 aliphatic rings. The number of hydrogen-bond donors (Lipinski definition) is 1. The second-order valence-corrected chi connectivity index (χ2v) is 6.86. The smallest absolute Gasteiger partial charge is 0.307 e. The lowest BCUT2D eigenvalue weighted by atomic mass is 9.93. The Labute approximate surface area is 137 Å². The zero-order valence-corrected chi connectivity index (χ0v) is 14.3. The van der Waals surface area contributed by atoms with E-state index in [1.165, 1.54) is 13.8 Å². The number of rotatable bonds is 8. The molecule has 0 heterocycles. The molecule has 1 amide bonds. The Bertz CT molecular complexity index is 508. The maximum absolute atomic E-state index is 12.6. The molecule has 0 saturated carbocycles. The summed E-state index contributed by atoms with van der Waals surface area (Å²) in [5.41, 5.74) is -0.697. The van der Waals surface area contributed by atoms with E-state index in [1.54, 1.807) is 20.8 Å². The van der Waals surface area contributed by atoms with Crippen LogP contribution in [0.15, 0.2) is 0 Å². The lowest BCUT2D eigenvalue weighted by Crippen LogP contribution is -2.35. The molecule has 0 aromatic heterocycles. The molecular weight excluding hydrogens is 266 g/mol. The molecule has 0 aliphatic carbocycles. The second-order valence-electron chi connectivity index (χ2n) is 6.86. The molecule has 0 aromatic rings. The van der Waals surface area contributed by atoms with Crippen LogP contribution in [0.5, 0.6) is 0 Å². The van der Waals surface area contributed by atoms with E-state index in [0.29, 0.717) is 6.42 Å². The van der Waals surface area contributed by atoms with Gasteiger partial charge >= 0.3 is 5.97 Å². The summed E-state index contributed by atoms with van der Waals surface area (Å²) in [6.07, 6.45) is -2.52. The van der Waals surface area contributed by atoms with Crippen LogP contribution in [0.4, 0.5) is 0 Å². The van der Waals surface area contributed by atoms with Gasteiger partial charge in [0.25, 0.3) is 0 Å². The van der Waals surface area contributed by atoms with Crippen molar-refractivity contribution in [1.29, 1.82) is 0 Å². The van der Waals surface area contributed by atoms with E-state index in [-0.39, 0.29) is 12.3 Å². The molecule has 21 heavy (non-hydrogen) atoms. The van der Waals surface area contributed by atoms with Crippen molar-refractivity contribution in [3.63, 3.8) is 0 Å². The van der Waals surface area contributed by atoms with Gasteiger partial charge in [-0.25, -0.2) is 0 Å². The summed E-state index contributed by atoms with van der Waals surface area (Å²) < 4.78 is 44.8. The lowest BCUT2D eigenvalue weighted by Gasteiger charge is -2.23. The quantitative estimate of drug-likeness (QED) is 0.698. The molecule has 124 valence electrons. The third kappa shape index (κ3) is 11.3. The topological polar surface area (TPSA) is 55.4 Å². The monoisotopic (exact) mass is 304 g/mol. The van der Waals surface area contributed by atoms with E-state index in [2.05, 4.69) is 5.32 Å². The molecule has 0 bridgehead atoms. The molecule has 4 nitrogen and oxygen atoms in total. The van der Waals surface area contributed by atoms with Crippen LogP contribution in [-0.2, 0) is 14.3 Å². The summed E-state index contributed by atoms with van der Waals surface area (Å²) in [5.74, 6) is -3.87. The van der Waals surface area contributed by atoms with Gasteiger partial charge in [-0.2, -0.15) is 0 Å². The summed E-state index contributed by atoms with van der Waals surface area (Å²) in [6, 6.07) is 0. The molecule has 0 spiro atoms. The molecule has 1 atom stereocenters. The van der Waals surface area contributed by atoms with Crippen molar-refractivity contribution in [1.82, 2.24) is 5.32 Å². The Morgan fingerprint density at radius 2 is 1.81 bits per heavy atom. The fourth-order valence-corrected chi connectivity index (χ4v) is 1.76. The molecular formula is C17H33NO3. The molecule has 0 fully saturated rings. The van der Waals surface area contributed by atoms with Crippen LogP contribution in [0, 0.1) is 17.7 Å². The maximum Gasteiger partial charge on any atom is 0.307 e. The highest BCUT2D eigenvalue weighted by molar-refractivity contribution is 5.83. The molecule has 0 radical (unpaired) electrons. The van der Waals surface area contributed by atoms with Gasteiger partial charge < -0.3 is 10.1 Å². The van der Waals surface area contributed by atoms with Crippen molar-refractivity contribution in [3.05, 3.63) is 0 Å². The number of carbonyl (C=O) groups excluding carboxylic acids is 2. The minimum atomic E-state index is -2.77. The first-order valence-corrected chi connectivity index (χ1v) is 7.34. The Morgan fingerprint density at radius 1 is 1.24 bits per heavy atom. The first kappa shape index (κ1) is 12.5. The lowest BCUT2D eigenvalue weighted by molar-refractivity contribution is -0.157. The van der Waals surface area contributed by atoms with Crippen molar-refractivity contribution >= 4 is 11.9 Å². The first-order valence-electron chi connectivity index (χ1n) is 9.84. The largest absolute Gasteiger partial charge is 0.460 e. The van der Waals surface area contributed by atoms with Crippen molar-refractivity contribution in [2.75, 3.05) is 6.50 Å². The molecule has 0 saturated heterocycles. The highest BCUT2D eigenvalue weighted by Crippen LogP contribution is 2.19. The van der Waals surface area contributed by atoms with Crippen LogP contribution in [0.25, 0.3) is 0 Å². The fraction of sp³-hybridized carbons (Fsp3) is 0.882. The van der Waals surface area contributed by atoms with Gasteiger partial charge in [-0.05, 0) is 45.4 Å². The van der Waals surface area contributed by atoms with Crippen LogP contribution < -0.4 is 5.32 Å². The summed E-state index contributed by atoms with van der Waals surface area (Å²) in [6.45, 7) is 8.60. The maximum atomic E-state index is 12.6. The Morgan fingerprint density at radius 3 is 2.24 bits per heavy atom. The Kier molecular flexibility index (Phi) is 5.38. The van der Waals surface area contributed by atoms with Crippen LogP contribution >= 0.6 is 0 Å². The molecule has 0 unspecified atom stereocenters. The average Bonchev–Trinajstić information content (AvgIpc) is 2.32. The minimum absolute atomic E-state index is 0.0726. The molecule has 0 aromatic carbocycles. The molecule has 4 heteroatoms. The van der Waals surface area contributed by atoms with Gasteiger partial charge in [0, 0.05) is 19.3 Å². The first-order chi connectivity index (χ1) is 11.3. The van der Waals surface area contributed by atoms with E-state index < -0.39 is 42.2 Å². The van der Waals surface area contributed by atoms with Crippen LogP contribution in [0.1, 0.15) is 74.5 Å². The van der Waals surface area contributed by atoms with Crippen molar-refractivity contribution in [3.8, 4) is 0 Å². The minimum Gasteiger partial charge on any atom is -0.460 e. The number of esters is 1. The predicted octanol–water partition coefficient (Wildman–Crippen LogP) is 3.54. The highest BCUT2D eigenvalue weighted by Gasteiger charge is 2.26. The van der Waals surface area contributed by atoms with Crippen molar-refractivity contribution < 1.29 is 21.2 Å². The van der Waals surface area contributed by atoms with Gasteiger partial charge in [0.05, 0.1) is 6.42 Å². The number of carbonyl (C=O) groups is 2. The van der Waals surface area contributed by atoms with Gasteiger partial charge in [0.15, 0.2) is 0 Å². The third-order valence-electron chi connectivity index (χ3n) is 2.46. The standard InChI is InChI=1S/C17H33NO3/c1-12(2)8-9-18-16(20)14(10-13(3)4)11-15(19)21-17(5,6)7/h12-14H,8-11H2,1-7H3,(H,18,20)/t14-/m1/s1/i8D2,9D2,12D. The van der Waals surface area contributed by atoms with E-state index in [4.69, 9.17) is 11.6 Å². The summed E-state index contributed by atoms with van der Waals surface area (Å²) in [7, 11) is 0. The highest BCUT2D eigenvalue weighted by atomic mass is 16.6. The van der Waals surface area contributed by atoms with Gasteiger partial charge in [-0.15, -0.1) is 0 Å². The van der Waals surface area contributed by atoms with Crippen molar-refractivity contribution in [2.24, 2.45) is 17.7 Å². The van der Waals surface area contributed by atoms with Gasteiger partial charge in [-0.3, -0.25) is 9.59 Å². The normalized spacial score (nSPS) is 18.8. The SMILES string of the molecule is [2H]C(C)(C)C([2H])([2H])C([2H])([2H])NC(=O)[C@@H](CC(=O)OC(C)(C)C)CC(C)C. The zero-order valence-electron chi connectivity index (χ0n) is 19.3. The second kappa shape index (κ2) is 9.06. The van der Waals surface area contributed by atoms with Crippen LogP contribution in [0.2, 0.25) is 0 Å². The third-order valence-corrected chi connectivity index (χ3v) is 2.46. The summed E-state index contributed by atoms with van der Waals surface area (Å²) in [5, 5.41) is 2.07. The van der Waals surface area contributed by atoms with E-state index in [9.17, 15) is 9.59 Å². The average molecular weight is 304 g/mol. The Hall–Kier alpha value is -1.06. The summed E-state index contributed by atoms with van der Waals surface area (Å²) >= 11 is 0. The molecule has 1 N–H and O–H groups in total. The van der Waals surface area contributed by atoms with Crippen LogP contribution in [0.3, 0.4) is 0 Å². The van der Waals surface area contributed by atoms with E-state index in [0.717, 1.165) is 0 Å². The van der Waals surface area contributed by atoms with Gasteiger partial charge in [0.1, 0.15) is 5.60 Å². The predicted molar refractivity (Wildman–Crippen MR) is 85.9 cm³/mol. The molecule has 0 aliphatic heterocycles. The molecule has 0 rings (SSSR count). The van der Waals surface area contributed by atoms with Crippen molar-refractivity contribution in [2.45, 2.75) is 73.3 Å². The van der Waals surface area contributed by atoms with E-state index in [1.807, 2.05) is 13.8 Å². The van der Waals surface area contributed by atoms with E-state index >= 15 is 0 Å².